The fourth-order valence-corrected chi connectivity index (χ4v) is 2.21. The molecule has 100 valence electrons. The van der Waals surface area contributed by atoms with Gasteiger partial charge in [0.25, 0.3) is 0 Å². The van der Waals surface area contributed by atoms with Gasteiger partial charge < -0.3 is 9.88 Å². The summed E-state index contributed by atoms with van der Waals surface area (Å²) in [4.78, 5) is 11.6. The van der Waals surface area contributed by atoms with E-state index in [4.69, 9.17) is 0 Å². The summed E-state index contributed by atoms with van der Waals surface area (Å²) in [5.41, 5.74) is 0. The van der Waals surface area contributed by atoms with Gasteiger partial charge in [-0.05, 0) is 27.2 Å². The third-order valence-electron chi connectivity index (χ3n) is 2.30. The second-order valence-corrected chi connectivity index (χ2v) is 5.05. The Balaban J connectivity index is 2.31. The Morgan fingerprint density at radius 1 is 1.61 bits per heavy atom. The maximum atomic E-state index is 11.6. The number of hydrogen-bond donors (Lipinski definition) is 1. The maximum Gasteiger partial charge on any atom is 0.230 e. The Bertz CT molecular complexity index is 401. The molecule has 6 heteroatoms. The van der Waals surface area contributed by atoms with Crippen LogP contribution in [0.15, 0.2) is 23.6 Å². The number of aromatic nitrogens is 3. The van der Waals surface area contributed by atoms with E-state index in [1.807, 2.05) is 23.6 Å². The van der Waals surface area contributed by atoms with Gasteiger partial charge in [0, 0.05) is 12.6 Å². The number of carbonyl (C=O) groups is 1. The highest BCUT2D eigenvalue weighted by Crippen LogP contribution is 2.18. The Hall–Kier alpha value is -1.30. The third kappa shape index (κ3) is 4.91. The van der Waals surface area contributed by atoms with Crippen LogP contribution in [0.1, 0.15) is 33.2 Å². The molecule has 0 aromatic carbocycles. The molecule has 0 aliphatic carbocycles. The van der Waals surface area contributed by atoms with Crippen LogP contribution in [-0.4, -0.2) is 33.0 Å². The second kappa shape index (κ2) is 7.92. The van der Waals surface area contributed by atoms with Crippen LogP contribution in [0.2, 0.25) is 0 Å². The molecule has 1 heterocycles. The first kappa shape index (κ1) is 14.8. The summed E-state index contributed by atoms with van der Waals surface area (Å²) < 4.78 is 1.96. The molecule has 0 atom stereocenters. The molecule has 1 amide bonds. The van der Waals surface area contributed by atoms with Gasteiger partial charge in [-0.3, -0.25) is 4.79 Å². The van der Waals surface area contributed by atoms with Gasteiger partial charge >= 0.3 is 0 Å². The summed E-state index contributed by atoms with van der Waals surface area (Å²) in [6.07, 6.45) is 6.57. The Labute approximate surface area is 112 Å². The number of amides is 1. The highest BCUT2D eigenvalue weighted by Gasteiger charge is 2.09. The minimum Gasteiger partial charge on any atom is -0.355 e. The van der Waals surface area contributed by atoms with E-state index in [1.54, 1.807) is 6.33 Å². The molecule has 0 aliphatic heterocycles. The van der Waals surface area contributed by atoms with Crippen LogP contribution in [0.25, 0.3) is 0 Å². The topological polar surface area (TPSA) is 59.8 Å². The molecule has 1 N–H and O–H groups in total. The molecule has 0 unspecified atom stereocenters. The van der Waals surface area contributed by atoms with Gasteiger partial charge in [0.1, 0.15) is 6.33 Å². The first-order valence-electron chi connectivity index (χ1n) is 6.05. The quantitative estimate of drug-likeness (QED) is 0.467. The largest absolute Gasteiger partial charge is 0.355 e. The molecule has 0 saturated heterocycles. The predicted molar refractivity (Wildman–Crippen MR) is 73.6 cm³/mol. The SMILES string of the molecule is C/C=C/CCNC(=O)CSc1nncn1C(C)C. The average molecular weight is 268 g/mol. The minimum atomic E-state index is 0.0304. The van der Waals surface area contributed by atoms with Crippen molar-refractivity contribution in [3.05, 3.63) is 18.5 Å². The van der Waals surface area contributed by atoms with Crippen molar-refractivity contribution in [3.63, 3.8) is 0 Å². The number of thioether (sulfide) groups is 1. The lowest BCUT2D eigenvalue weighted by atomic mass is 10.4. The first-order valence-corrected chi connectivity index (χ1v) is 7.04. The molecule has 0 radical (unpaired) electrons. The molecule has 18 heavy (non-hydrogen) atoms. The van der Waals surface area contributed by atoms with E-state index >= 15 is 0 Å². The van der Waals surface area contributed by atoms with Crippen LogP contribution in [-0.2, 0) is 4.79 Å². The molecule has 0 bridgehead atoms. The fraction of sp³-hybridized carbons (Fsp3) is 0.583. The minimum absolute atomic E-state index is 0.0304. The van der Waals surface area contributed by atoms with Gasteiger partial charge in [-0.15, -0.1) is 10.2 Å². The van der Waals surface area contributed by atoms with Crippen molar-refractivity contribution in [1.82, 2.24) is 20.1 Å². The molecule has 0 fully saturated rings. The summed E-state index contributed by atoms with van der Waals surface area (Å²) in [5.74, 6) is 0.407. The molecule has 0 aliphatic rings. The van der Waals surface area contributed by atoms with Gasteiger partial charge in [0.05, 0.1) is 5.75 Å². The molecule has 1 aromatic heterocycles. The summed E-state index contributed by atoms with van der Waals surface area (Å²) in [5, 5.41) is 11.5. The number of nitrogens with one attached hydrogen (secondary N) is 1. The standard InChI is InChI=1S/C12H20N4OS/c1-4-5-6-7-13-11(17)8-18-12-15-14-9-16(12)10(2)3/h4-5,9-10H,6-8H2,1-3H3,(H,13,17)/b5-4+. The normalized spacial score (nSPS) is 11.3. The zero-order valence-electron chi connectivity index (χ0n) is 11.1. The Kier molecular flexibility index (Phi) is 6.49. The summed E-state index contributed by atoms with van der Waals surface area (Å²) in [7, 11) is 0. The van der Waals surface area contributed by atoms with E-state index in [0.717, 1.165) is 11.6 Å². The summed E-state index contributed by atoms with van der Waals surface area (Å²) >= 11 is 1.41. The van der Waals surface area contributed by atoms with Crippen LogP contribution in [0.3, 0.4) is 0 Å². The van der Waals surface area contributed by atoms with Crippen molar-refractivity contribution in [2.75, 3.05) is 12.3 Å². The molecule has 1 aromatic rings. The zero-order valence-corrected chi connectivity index (χ0v) is 11.9. The van der Waals surface area contributed by atoms with Crippen molar-refractivity contribution in [3.8, 4) is 0 Å². The lowest BCUT2D eigenvalue weighted by Crippen LogP contribution is -2.26. The van der Waals surface area contributed by atoms with Gasteiger partial charge in [0.2, 0.25) is 5.91 Å². The monoisotopic (exact) mass is 268 g/mol. The first-order chi connectivity index (χ1) is 8.65. The number of allylic oxidation sites excluding steroid dienone is 1. The molecule has 0 saturated carbocycles. The lowest BCUT2D eigenvalue weighted by Gasteiger charge is -2.09. The summed E-state index contributed by atoms with van der Waals surface area (Å²) in [6.45, 7) is 6.77. The van der Waals surface area contributed by atoms with Crippen LogP contribution in [0.5, 0.6) is 0 Å². The number of carbonyl (C=O) groups excluding carboxylic acids is 1. The van der Waals surface area contributed by atoms with E-state index < -0.39 is 0 Å². The Morgan fingerprint density at radius 3 is 3.06 bits per heavy atom. The van der Waals surface area contributed by atoms with Crippen molar-refractivity contribution in [2.24, 2.45) is 0 Å². The molecular formula is C12H20N4OS. The van der Waals surface area contributed by atoms with E-state index in [1.165, 1.54) is 11.8 Å². The van der Waals surface area contributed by atoms with Gasteiger partial charge in [-0.1, -0.05) is 23.9 Å². The van der Waals surface area contributed by atoms with Crippen molar-refractivity contribution in [2.45, 2.75) is 38.4 Å². The van der Waals surface area contributed by atoms with Crippen LogP contribution in [0, 0.1) is 0 Å². The van der Waals surface area contributed by atoms with Gasteiger partial charge in [-0.25, -0.2) is 0 Å². The van der Waals surface area contributed by atoms with Crippen LogP contribution in [0.4, 0.5) is 0 Å². The number of rotatable bonds is 7. The highest BCUT2D eigenvalue weighted by molar-refractivity contribution is 7.99. The maximum absolute atomic E-state index is 11.6. The van der Waals surface area contributed by atoms with E-state index in [0.29, 0.717) is 18.3 Å². The summed E-state index contributed by atoms with van der Waals surface area (Å²) in [6, 6.07) is 0.306. The van der Waals surface area contributed by atoms with Crippen molar-refractivity contribution >= 4 is 17.7 Å². The molecular weight excluding hydrogens is 248 g/mol. The Morgan fingerprint density at radius 2 is 2.39 bits per heavy atom. The zero-order chi connectivity index (χ0) is 13.4. The average Bonchev–Trinajstić information content (AvgIpc) is 2.80. The van der Waals surface area contributed by atoms with Gasteiger partial charge in [0.15, 0.2) is 5.16 Å². The number of nitrogens with zero attached hydrogens (tertiary/aromatic N) is 3. The second-order valence-electron chi connectivity index (χ2n) is 4.11. The fourth-order valence-electron chi connectivity index (χ4n) is 1.33. The lowest BCUT2D eigenvalue weighted by molar-refractivity contribution is -0.118. The van der Waals surface area contributed by atoms with Crippen molar-refractivity contribution < 1.29 is 4.79 Å². The van der Waals surface area contributed by atoms with Crippen LogP contribution < -0.4 is 5.32 Å². The van der Waals surface area contributed by atoms with E-state index in [-0.39, 0.29) is 5.91 Å². The molecule has 1 rings (SSSR count). The van der Waals surface area contributed by atoms with E-state index in [9.17, 15) is 4.79 Å². The predicted octanol–water partition coefficient (Wildman–Crippen LogP) is 2.03. The van der Waals surface area contributed by atoms with E-state index in [2.05, 4.69) is 29.4 Å². The molecule has 5 nitrogen and oxygen atoms in total. The van der Waals surface area contributed by atoms with Crippen LogP contribution >= 0.6 is 11.8 Å². The number of hydrogen-bond acceptors (Lipinski definition) is 4. The van der Waals surface area contributed by atoms with Crippen molar-refractivity contribution in [1.29, 1.82) is 0 Å². The smallest absolute Gasteiger partial charge is 0.230 e. The highest BCUT2D eigenvalue weighted by atomic mass is 32.2. The molecule has 0 spiro atoms. The third-order valence-corrected chi connectivity index (χ3v) is 3.25. The van der Waals surface area contributed by atoms with Gasteiger partial charge in [-0.2, -0.15) is 0 Å².